The lowest BCUT2D eigenvalue weighted by Gasteiger charge is -2.44. The highest BCUT2D eigenvalue weighted by molar-refractivity contribution is 6.50. The maximum absolute atomic E-state index is 9.75. The highest BCUT2D eigenvalue weighted by Gasteiger charge is 2.45. The number of likely N-dealkylation sites (N-methyl/N-ethyl adjacent to an activating group) is 2. The van der Waals surface area contributed by atoms with E-state index >= 15 is 0 Å². The summed E-state index contributed by atoms with van der Waals surface area (Å²) >= 11 is 0. The van der Waals surface area contributed by atoms with Crippen LogP contribution in [0, 0.1) is 0 Å². The highest BCUT2D eigenvalue weighted by Crippen LogP contribution is 2.34. The molecule has 2 rings (SSSR count). The number of halogens is 8. The van der Waals surface area contributed by atoms with E-state index in [0.29, 0.717) is 6.04 Å². The number of likely N-dealkylation sites (tertiary alicyclic amines) is 2. The van der Waals surface area contributed by atoms with Crippen LogP contribution in [0.1, 0.15) is 46.5 Å². The molecule has 28 heavy (non-hydrogen) atoms. The van der Waals surface area contributed by atoms with Crippen molar-refractivity contribution in [3.05, 3.63) is 12.3 Å². The van der Waals surface area contributed by atoms with Crippen LogP contribution < -0.4 is 0 Å². The number of rotatable bonds is 5. The van der Waals surface area contributed by atoms with Gasteiger partial charge in [0.2, 0.25) is 0 Å². The Bertz CT molecular complexity index is 446. The molecule has 0 saturated carbocycles. The van der Waals surface area contributed by atoms with Crippen LogP contribution in [0.25, 0.3) is 0 Å². The van der Waals surface area contributed by atoms with Crippen molar-refractivity contribution in [3.63, 3.8) is 0 Å². The van der Waals surface area contributed by atoms with E-state index in [0.717, 1.165) is 0 Å². The SMILES string of the molecule is C=C(C(C)[N+]1(CC)CCCC1)[N+]1(CC)CCCC1.F[B-](F)(F)F.F[B-](F)(F)F. The molecule has 0 aromatic rings. The van der Waals surface area contributed by atoms with Gasteiger partial charge in [0.15, 0.2) is 11.7 Å². The molecule has 0 aromatic heterocycles. The zero-order valence-corrected chi connectivity index (χ0v) is 16.9. The second kappa shape index (κ2) is 10.8. The van der Waals surface area contributed by atoms with Gasteiger partial charge in [0.05, 0.1) is 39.3 Å². The normalized spacial score (nSPS) is 21.8. The summed E-state index contributed by atoms with van der Waals surface area (Å²) in [5, 5.41) is 0. The van der Waals surface area contributed by atoms with Gasteiger partial charge in [-0.05, 0) is 27.4 Å². The van der Waals surface area contributed by atoms with Gasteiger partial charge in [-0.1, -0.05) is 0 Å². The Hall–Kier alpha value is -0.770. The fourth-order valence-corrected chi connectivity index (χ4v) is 4.40. The molecular formula is C16H32B2F8N2. The molecular weight excluding hydrogens is 394 g/mol. The van der Waals surface area contributed by atoms with Gasteiger partial charge in [-0.25, -0.2) is 0 Å². The molecule has 2 saturated heterocycles. The highest BCUT2D eigenvalue weighted by atomic mass is 19.5. The summed E-state index contributed by atoms with van der Waals surface area (Å²) in [5.74, 6) is 0. The summed E-state index contributed by atoms with van der Waals surface area (Å²) in [6, 6.07) is 0.649. The molecule has 168 valence electrons. The summed E-state index contributed by atoms with van der Waals surface area (Å²) in [6.45, 7) is 19.7. The van der Waals surface area contributed by atoms with Crippen LogP contribution in [-0.2, 0) is 0 Å². The van der Waals surface area contributed by atoms with Gasteiger partial charge in [0, 0.05) is 25.7 Å². The molecule has 0 aliphatic carbocycles. The van der Waals surface area contributed by atoms with Crippen molar-refractivity contribution in [3.8, 4) is 0 Å². The van der Waals surface area contributed by atoms with Gasteiger partial charge in [-0.15, -0.1) is 0 Å². The first-order valence-corrected chi connectivity index (χ1v) is 9.76. The third-order valence-electron chi connectivity index (χ3n) is 6.03. The minimum atomic E-state index is -6.00. The molecule has 2 aliphatic heterocycles. The standard InChI is InChI=1S/C16H32N2.2BF4/c1-5-17(11-7-8-12-17)15(3)16(4)18(6-2)13-9-10-14-18;2*2-1(3,4)5/h16H,3,5-14H2,1-2,4H3;;/q+2;2*-1. The van der Waals surface area contributed by atoms with Crippen LogP contribution in [-0.4, -0.2) is 68.8 Å². The third-order valence-corrected chi connectivity index (χ3v) is 6.03. The minimum absolute atomic E-state index is 0.649. The topological polar surface area (TPSA) is 0 Å². The molecule has 0 bridgehead atoms. The summed E-state index contributed by atoms with van der Waals surface area (Å²) in [4.78, 5) is 0. The molecule has 2 aliphatic rings. The van der Waals surface area contributed by atoms with E-state index in [1.807, 2.05) is 0 Å². The van der Waals surface area contributed by atoms with Crippen LogP contribution in [0.3, 0.4) is 0 Å². The maximum Gasteiger partial charge on any atom is 0.673 e. The summed E-state index contributed by atoms with van der Waals surface area (Å²) in [7, 11) is -12.0. The second-order valence-corrected chi connectivity index (χ2v) is 7.46. The molecule has 0 amide bonds. The number of hydrogen-bond donors (Lipinski definition) is 0. The molecule has 0 aromatic carbocycles. The van der Waals surface area contributed by atoms with Crippen LogP contribution in [0.2, 0.25) is 0 Å². The van der Waals surface area contributed by atoms with E-state index in [1.165, 1.54) is 79.6 Å². The van der Waals surface area contributed by atoms with E-state index in [1.54, 1.807) is 0 Å². The zero-order valence-electron chi connectivity index (χ0n) is 16.9. The van der Waals surface area contributed by atoms with Gasteiger partial charge in [0.25, 0.3) is 0 Å². The molecule has 0 spiro atoms. The number of quaternary nitrogens is 2. The van der Waals surface area contributed by atoms with Crippen LogP contribution >= 0.6 is 0 Å². The first-order chi connectivity index (χ1) is 12.6. The second-order valence-electron chi connectivity index (χ2n) is 7.46. The minimum Gasteiger partial charge on any atom is -0.418 e. The van der Waals surface area contributed by atoms with Crippen molar-refractivity contribution in [2.75, 3.05) is 39.3 Å². The van der Waals surface area contributed by atoms with Gasteiger partial charge >= 0.3 is 14.5 Å². The van der Waals surface area contributed by atoms with E-state index in [2.05, 4.69) is 27.4 Å². The molecule has 2 nitrogen and oxygen atoms in total. The molecule has 12 heteroatoms. The monoisotopic (exact) mass is 426 g/mol. The lowest BCUT2D eigenvalue weighted by Crippen LogP contribution is -2.58. The van der Waals surface area contributed by atoms with E-state index in [4.69, 9.17) is 0 Å². The predicted octanol–water partition coefficient (Wildman–Crippen LogP) is 5.75. The molecule has 0 radical (unpaired) electrons. The van der Waals surface area contributed by atoms with Crippen molar-refractivity contribution in [1.29, 1.82) is 0 Å². The van der Waals surface area contributed by atoms with E-state index in [-0.39, 0.29) is 0 Å². The Labute approximate surface area is 162 Å². The Morgan fingerprint density at radius 2 is 1.07 bits per heavy atom. The Morgan fingerprint density at radius 1 is 0.750 bits per heavy atom. The van der Waals surface area contributed by atoms with E-state index < -0.39 is 14.5 Å². The van der Waals surface area contributed by atoms with Crippen LogP contribution in [0.15, 0.2) is 12.3 Å². The van der Waals surface area contributed by atoms with Gasteiger partial charge in [-0.2, -0.15) is 0 Å². The fraction of sp³-hybridized carbons (Fsp3) is 0.875. The molecule has 1 atom stereocenters. The molecule has 1 unspecified atom stereocenters. The average Bonchev–Trinajstić information content (AvgIpc) is 3.20. The van der Waals surface area contributed by atoms with E-state index in [9.17, 15) is 34.5 Å². The molecule has 0 N–H and O–H groups in total. The predicted molar refractivity (Wildman–Crippen MR) is 98.5 cm³/mol. The lowest BCUT2D eigenvalue weighted by molar-refractivity contribution is -0.963. The maximum atomic E-state index is 9.75. The third kappa shape index (κ3) is 9.62. The summed E-state index contributed by atoms with van der Waals surface area (Å²) in [6.07, 6.45) is 5.62. The van der Waals surface area contributed by atoms with Crippen molar-refractivity contribution < 1.29 is 43.5 Å². The number of nitrogens with zero attached hydrogens (tertiary/aromatic N) is 2. The smallest absolute Gasteiger partial charge is 0.418 e. The van der Waals surface area contributed by atoms with Crippen LogP contribution in [0.4, 0.5) is 34.5 Å². The first-order valence-electron chi connectivity index (χ1n) is 9.76. The van der Waals surface area contributed by atoms with Crippen molar-refractivity contribution in [2.24, 2.45) is 0 Å². The largest absolute Gasteiger partial charge is 0.673 e. The van der Waals surface area contributed by atoms with Gasteiger partial charge in [0.1, 0.15) is 0 Å². The first kappa shape index (κ1) is 27.2. The van der Waals surface area contributed by atoms with Crippen molar-refractivity contribution in [1.82, 2.24) is 0 Å². The molecule has 2 heterocycles. The fourth-order valence-electron chi connectivity index (χ4n) is 4.40. The van der Waals surface area contributed by atoms with Crippen molar-refractivity contribution in [2.45, 2.75) is 52.5 Å². The van der Waals surface area contributed by atoms with Gasteiger partial charge < -0.3 is 39.0 Å². The Kier molecular flexibility index (Phi) is 10.6. The van der Waals surface area contributed by atoms with Crippen molar-refractivity contribution >= 4 is 14.5 Å². The lowest BCUT2D eigenvalue weighted by atomic mass is 10.1. The Morgan fingerprint density at radius 3 is 1.36 bits per heavy atom. The van der Waals surface area contributed by atoms with Crippen LogP contribution in [0.5, 0.6) is 0 Å². The quantitative estimate of drug-likeness (QED) is 0.299. The number of hydrogen-bond acceptors (Lipinski definition) is 0. The Balaban J connectivity index is 0.000000607. The summed E-state index contributed by atoms with van der Waals surface area (Å²) in [5.41, 5.74) is 1.53. The zero-order chi connectivity index (χ0) is 22.2. The average molecular weight is 426 g/mol. The summed E-state index contributed by atoms with van der Waals surface area (Å²) < 4.78 is 80.5. The molecule has 2 fully saturated rings. The van der Waals surface area contributed by atoms with Gasteiger partial charge in [-0.3, -0.25) is 4.48 Å².